The van der Waals surface area contributed by atoms with E-state index in [4.69, 9.17) is 0 Å². The smallest absolute Gasteiger partial charge is 0.0631 e. The monoisotopic (exact) mass is 223 g/mol. The largest absolute Gasteiger partial charge is 0.390 e. The van der Waals surface area contributed by atoms with E-state index in [2.05, 4.69) is 23.5 Å². The summed E-state index contributed by atoms with van der Waals surface area (Å²) in [6.07, 6.45) is 0.709. The van der Waals surface area contributed by atoms with Gasteiger partial charge in [-0.3, -0.25) is 0 Å². The molecule has 0 atom stereocenters. The fourth-order valence-corrected chi connectivity index (χ4v) is 2.74. The second kappa shape index (κ2) is 4.06. The maximum atomic E-state index is 9.75. The van der Waals surface area contributed by atoms with Gasteiger partial charge in [0.05, 0.1) is 5.60 Å². The molecule has 0 unspecified atom stereocenters. The number of benzene rings is 1. The van der Waals surface area contributed by atoms with Crippen molar-refractivity contribution in [1.29, 1.82) is 0 Å². The van der Waals surface area contributed by atoms with Crippen LogP contribution in [0.4, 0.5) is 5.69 Å². The molecule has 1 aliphatic heterocycles. The Labute approximate surface area is 95.1 Å². The van der Waals surface area contributed by atoms with Gasteiger partial charge >= 0.3 is 0 Å². The van der Waals surface area contributed by atoms with Crippen molar-refractivity contribution in [2.24, 2.45) is 0 Å². The van der Waals surface area contributed by atoms with E-state index in [0.29, 0.717) is 6.42 Å². The Morgan fingerprint density at radius 1 is 1.47 bits per heavy atom. The fraction of sp³-hybridized carbons (Fsp3) is 0.500. The van der Waals surface area contributed by atoms with Gasteiger partial charge in [0, 0.05) is 29.3 Å². The highest BCUT2D eigenvalue weighted by atomic mass is 32.2. The van der Waals surface area contributed by atoms with Crippen molar-refractivity contribution in [1.82, 2.24) is 0 Å². The first-order valence-electron chi connectivity index (χ1n) is 5.27. The molecule has 1 aliphatic rings. The average molecular weight is 223 g/mol. The van der Waals surface area contributed by atoms with Crippen LogP contribution in [-0.4, -0.2) is 23.0 Å². The van der Waals surface area contributed by atoms with Crippen molar-refractivity contribution in [3.63, 3.8) is 0 Å². The van der Waals surface area contributed by atoms with Gasteiger partial charge in [-0.05, 0) is 31.5 Å². The number of anilines is 1. The van der Waals surface area contributed by atoms with E-state index in [1.165, 1.54) is 16.1 Å². The van der Waals surface area contributed by atoms with E-state index in [1.54, 1.807) is 0 Å². The van der Waals surface area contributed by atoms with Gasteiger partial charge in [0.2, 0.25) is 0 Å². The molecule has 0 bridgehead atoms. The molecule has 1 heterocycles. The molecule has 0 saturated heterocycles. The van der Waals surface area contributed by atoms with E-state index in [1.807, 2.05) is 25.6 Å². The molecule has 1 aromatic rings. The van der Waals surface area contributed by atoms with Crippen molar-refractivity contribution in [3.8, 4) is 0 Å². The van der Waals surface area contributed by atoms with Crippen LogP contribution in [0.3, 0.4) is 0 Å². The van der Waals surface area contributed by atoms with Gasteiger partial charge in [0.1, 0.15) is 0 Å². The van der Waals surface area contributed by atoms with Crippen LogP contribution >= 0.6 is 11.8 Å². The van der Waals surface area contributed by atoms with Gasteiger partial charge in [-0.1, -0.05) is 6.07 Å². The molecule has 0 radical (unpaired) electrons. The van der Waals surface area contributed by atoms with E-state index in [-0.39, 0.29) is 0 Å². The first kappa shape index (κ1) is 10.8. The van der Waals surface area contributed by atoms with Crippen molar-refractivity contribution in [2.45, 2.75) is 30.8 Å². The lowest BCUT2D eigenvalue weighted by Gasteiger charge is -2.21. The minimum Gasteiger partial charge on any atom is -0.390 e. The maximum absolute atomic E-state index is 9.75. The van der Waals surface area contributed by atoms with Gasteiger partial charge in [0.25, 0.3) is 0 Å². The molecule has 0 aromatic heterocycles. The van der Waals surface area contributed by atoms with Crippen molar-refractivity contribution >= 4 is 17.4 Å². The van der Waals surface area contributed by atoms with Crippen LogP contribution in [0.2, 0.25) is 0 Å². The summed E-state index contributed by atoms with van der Waals surface area (Å²) in [5, 5.41) is 13.1. The fourth-order valence-electron chi connectivity index (χ4n) is 1.79. The van der Waals surface area contributed by atoms with Crippen LogP contribution in [0.5, 0.6) is 0 Å². The number of fused-ring (bicyclic) bond motifs is 1. The Kier molecular flexibility index (Phi) is 2.94. The molecule has 2 rings (SSSR count). The van der Waals surface area contributed by atoms with E-state index in [0.717, 1.165) is 12.3 Å². The van der Waals surface area contributed by atoms with E-state index >= 15 is 0 Å². The molecule has 2 N–H and O–H groups in total. The summed E-state index contributed by atoms with van der Waals surface area (Å²) in [4.78, 5) is 1.31. The third-order valence-corrected chi connectivity index (χ3v) is 3.41. The zero-order valence-corrected chi connectivity index (χ0v) is 10.0. The van der Waals surface area contributed by atoms with Crippen molar-refractivity contribution in [2.75, 3.05) is 17.6 Å². The number of hydrogen-bond acceptors (Lipinski definition) is 3. The van der Waals surface area contributed by atoms with Gasteiger partial charge in [-0.2, -0.15) is 0 Å². The summed E-state index contributed by atoms with van der Waals surface area (Å²) >= 11 is 1.88. The predicted molar refractivity (Wildman–Crippen MR) is 65.7 cm³/mol. The summed E-state index contributed by atoms with van der Waals surface area (Å²) in [5.41, 5.74) is 1.81. The number of aliphatic hydroxyl groups is 1. The lowest BCUT2D eigenvalue weighted by molar-refractivity contribution is 0.0809. The maximum Gasteiger partial charge on any atom is 0.0631 e. The zero-order valence-electron chi connectivity index (χ0n) is 9.21. The lowest BCUT2D eigenvalue weighted by Crippen LogP contribution is -2.22. The molecule has 82 valence electrons. The molecule has 1 aromatic carbocycles. The van der Waals surface area contributed by atoms with Crippen molar-refractivity contribution in [3.05, 3.63) is 23.8 Å². The SMILES string of the molecule is CC(C)(O)Cc1ccc2c(c1)SCCN2. The first-order valence-corrected chi connectivity index (χ1v) is 6.25. The van der Waals surface area contributed by atoms with Crippen LogP contribution in [0.15, 0.2) is 23.1 Å². The Balaban J connectivity index is 2.21. The Hall–Kier alpha value is -0.670. The highest BCUT2D eigenvalue weighted by Gasteiger charge is 2.15. The van der Waals surface area contributed by atoms with Crippen LogP contribution in [0, 0.1) is 0 Å². The summed E-state index contributed by atoms with van der Waals surface area (Å²) in [6, 6.07) is 6.39. The standard InChI is InChI=1S/C12H17NOS/c1-12(2,14)8-9-3-4-10-11(7-9)15-6-5-13-10/h3-4,7,13-14H,5-6,8H2,1-2H3. The molecule has 0 fully saturated rings. The molecule has 0 saturated carbocycles. The molecule has 3 heteroatoms. The lowest BCUT2D eigenvalue weighted by atomic mass is 9.98. The Morgan fingerprint density at radius 2 is 2.27 bits per heavy atom. The molecule has 0 aliphatic carbocycles. The molecule has 0 spiro atoms. The highest BCUT2D eigenvalue weighted by Crippen LogP contribution is 2.32. The third kappa shape index (κ3) is 2.89. The average Bonchev–Trinajstić information content (AvgIpc) is 2.15. The van der Waals surface area contributed by atoms with Crippen LogP contribution in [0.25, 0.3) is 0 Å². The quantitative estimate of drug-likeness (QED) is 0.808. The number of thioether (sulfide) groups is 1. The van der Waals surface area contributed by atoms with E-state index in [9.17, 15) is 5.11 Å². The normalized spacial score (nSPS) is 15.7. The number of hydrogen-bond donors (Lipinski definition) is 2. The van der Waals surface area contributed by atoms with Crippen LogP contribution < -0.4 is 5.32 Å². The first-order chi connectivity index (χ1) is 7.04. The zero-order chi connectivity index (χ0) is 10.9. The van der Waals surface area contributed by atoms with Gasteiger partial charge in [-0.15, -0.1) is 11.8 Å². The van der Waals surface area contributed by atoms with Gasteiger partial charge < -0.3 is 10.4 Å². The predicted octanol–water partition coefficient (Wildman–Crippen LogP) is 2.52. The minimum absolute atomic E-state index is 0.624. The van der Waals surface area contributed by atoms with Crippen LogP contribution in [0.1, 0.15) is 19.4 Å². The summed E-state index contributed by atoms with van der Waals surface area (Å²) in [5.74, 6) is 1.12. The topological polar surface area (TPSA) is 32.3 Å². The van der Waals surface area contributed by atoms with Gasteiger partial charge in [0.15, 0.2) is 0 Å². The third-order valence-electron chi connectivity index (χ3n) is 2.36. The molecule has 2 nitrogen and oxygen atoms in total. The number of nitrogens with one attached hydrogen (secondary N) is 1. The minimum atomic E-state index is -0.624. The second-order valence-corrected chi connectivity index (χ2v) is 5.73. The molecular weight excluding hydrogens is 206 g/mol. The summed E-state index contributed by atoms with van der Waals surface area (Å²) in [7, 11) is 0. The molecule has 0 amide bonds. The van der Waals surface area contributed by atoms with Crippen molar-refractivity contribution < 1.29 is 5.11 Å². The summed E-state index contributed by atoms with van der Waals surface area (Å²) in [6.45, 7) is 4.73. The van der Waals surface area contributed by atoms with E-state index < -0.39 is 5.60 Å². The Morgan fingerprint density at radius 3 is 3.00 bits per heavy atom. The number of rotatable bonds is 2. The Bertz CT molecular complexity index is 357. The molecular formula is C12H17NOS. The van der Waals surface area contributed by atoms with Crippen LogP contribution in [-0.2, 0) is 6.42 Å². The second-order valence-electron chi connectivity index (χ2n) is 4.59. The molecule has 15 heavy (non-hydrogen) atoms. The summed E-state index contributed by atoms with van der Waals surface area (Å²) < 4.78 is 0. The highest BCUT2D eigenvalue weighted by molar-refractivity contribution is 7.99. The van der Waals surface area contributed by atoms with Gasteiger partial charge in [-0.25, -0.2) is 0 Å².